The first-order valence-corrected chi connectivity index (χ1v) is 16.7. The van der Waals surface area contributed by atoms with Gasteiger partial charge in [0, 0.05) is 18.5 Å². The first-order chi connectivity index (χ1) is 18.7. The lowest BCUT2D eigenvalue weighted by molar-refractivity contribution is -0.185. The van der Waals surface area contributed by atoms with Gasteiger partial charge in [0.1, 0.15) is 6.10 Å². The van der Waals surface area contributed by atoms with Crippen molar-refractivity contribution in [2.45, 2.75) is 137 Å². The van der Waals surface area contributed by atoms with Crippen molar-refractivity contribution in [3.63, 3.8) is 0 Å². The maximum Gasteiger partial charge on any atom is 0.410 e. The molecule has 6 heteroatoms. The lowest BCUT2D eigenvalue weighted by atomic mass is 9.41. The number of rotatable bonds is 3. The minimum absolute atomic E-state index is 0.0269. The molecule has 5 aliphatic carbocycles. The van der Waals surface area contributed by atoms with E-state index in [1.54, 1.807) is 4.90 Å². The minimum atomic E-state index is -0.509. The van der Waals surface area contributed by atoms with Gasteiger partial charge in [-0.25, -0.2) is 4.79 Å². The zero-order chi connectivity index (χ0) is 28.6. The molecule has 0 aromatic rings. The van der Waals surface area contributed by atoms with Gasteiger partial charge in [-0.05, 0) is 109 Å². The largest absolute Gasteiger partial charge is 0.443 e. The molecule has 8 unspecified atom stereocenters. The molecule has 0 aromatic carbocycles. The molecule has 2 aliphatic heterocycles. The van der Waals surface area contributed by atoms with E-state index in [4.69, 9.17) is 9.47 Å². The molecule has 7 fully saturated rings. The summed E-state index contributed by atoms with van der Waals surface area (Å²) >= 11 is 0. The lowest BCUT2D eigenvalue weighted by Crippen LogP contribution is -2.59. The van der Waals surface area contributed by atoms with E-state index in [1.165, 1.54) is 19.3 Å². The highest BCUT2D eigenvalue weighted by atomic mass is 16.6. The van der Waals surface area contributed by atoms with Gasteiger partial charge in [0.25, 0.3) is 0 Å². The van der Waals surface area contributed by atoms with Crippen molar-refractivity contribution in [2.24, 2.45) is 56.7 Å². The van der Waals surface area contributed by atoms with Crippen LogP contribution in [0.5, 0.6) is 0 Å². The third-order valence-corrected chi connectivity index (χ3v) is 15.2. The number of fused-ring (bicyclic) bond motifs is 4. The molecule has 1 amide bonds. The average molecular weight is 558 g/mol. The lowest BCUT2D eigenvalue weighted by Gasteiger charge is -2.63. The number of aliphatic hydroxyl groups excluding tert-OH is 2. The molecule has 0 bridgehead atoms. The van der Waals surface area contributed by atoms with Crippen LogP contribution >= 0.6 is 0 Å². The number of hydrogen-bond donors (Lipinski definition) is 2. The zero-order valence-corrected chi connectivity index (χ0v) is 26.1. The number of aliphatic hydroxyl groups is 2. The van der Waals surface area contributed by atoms with E-state index >= 15 is 0 Å². The van der Waals surface area contributed by atoms with E-state index in [0.717, 1.165) is 51.6 Å². The van der Waals surface area contributed by atoms with Crippen LogP contribution in [0.2, 0.25) is 0 Å². The second-order valence-corrected chi connectivity index (χ2v) is 17.0. The second-order valence-electron chi connectivity index (χ2n) is 17.0. The normalized spacial score (nSPS) is 54.7. The summed E-state index contributed by atoms with van der Waals surface area (Å²) in [6.07, 6.45) is 8.46. The molecule has 2 N–H and O–H groups in total. The summed E-state index contributed by atoms with van der Waals surface area (Å²) in [5.41, 5.74) is 0.464. The Balaban J connectivity index is 1.18. The predicted molar refractivity (Wildman–Crippen MR) is 153 cm³/mol. The highest BCUT2D eigenvalue weighted by Gasteiger charge is 2.84. The van der Waals surface area contributed by atoms with Crippen molar-refractivity contribution in [3.8, 4) is 0 Å². The van der Waals surface area contributed by atoms with Crippen LogP contribution in [-0.4, -0.2) is 64.8 Å². The molecule has 5 saturated carbocycles. The summed E-state index contributed by atoms with van der Waals surface area (Å²) in [6.45, 7) is 17.8. The Morgan fingerprint density at radius 2 is 1.65 bits per heavy atom. The SMILES string of the molecule is CC(C)C(OC(=O)N1CCC1)C1C[C@@H](C)[C@H]2C(O1)[C@H](O)[C@@]1(C)C3CC[C@H]4C(C)(C)C(O)CCC45CC35CCC21C. The topological polar surface area (TPSA) is 79.2 Å². The van der Waals surface area contributed by atoms with E-state index in [-0.39, 0.29) is 52.7 Å². The van der Waals surface area contributed by atoms with E-state index < -0.39 is 6.10 Å². The Bertz CT molecular complexity index is 1060. The molecule has 2 saturated heterocycles. The maximum absolute atomic E-state index is 12.8. The molecular weight excluding hydrogens is 502 g/mol. The Kier molecular flexibility index (Phi) is 6.02. The van der Waals surface area contributed by atoms with Crippen molar-refractivity contribution >= 4 is 6.09 Å². The molecule has 2 spiro atoms. The fourth-order valence-corrected chi connectivity index (χ4v) is 12.9. The van der Waals surface area contributed by atoms with Crippen LogP contribution in [0.1, 0.15) is 106 Å². The van der Waals surface area contributed by atoms with Gasteiger partial charge in [0.15, 0.2) is 0 Å². The average Bonchev–Trinajstić information content (AvgIpc) is 3.48. The van der Waals surface area contributed by atoms with Crippen LogP contribution in [0.25, 0.3) is 0 Å². The van der Waals surface area contributed by atoms with Crippen molar-refractivity contribution in [1.82, 2.24) is 4.90 Å². The van der Waals surface area contributed by atoms with Crippen LogP contribution in [0.3, 0.4) is 0 Å². The van der Waals surface area contributed by atoms with Gasteiger partial charge < -0.3 is 24.6 Å². The zero-order valence-electron chi connectivity index (χ0n) is 26.1. The maximum atomic E-state index is 12.8. The number of hydrogen-bond acceptors (Lipinski definition) is 5. The fourth-order valence-electron chi connectivity index (χ4n) is 12.9. The Morgan fingerprint density at radius 3 is 2.30 bits per heavy atom. The molecule has 2 heterocycles. The number of likely N-dealkylation sites (tertiary alicyclic amines) is 1. The van der Waals surface area contributed by atoms with Crippen LogP contribution in [0, 0.1) is 56.7 Å². The van der Waals surface area contributed by atoms with Crippen LogP contribution in [0.4, 0.5) is 4.79 Å². The second kappa shape index (κ2) is 8.62. The number of nitrogens with zero attached hydrogens (tertiary/aromatic N) is 1. The summed E-state index contributed by atoms with van der Waals surface area (Å²) in [7, 11) is 0. The third kappa shape index (κ3) is 3.20. The fraction of sp³-hybridized carbons (Fsp3) is 0.971. The van der Waals surface area contributed by atoms with Crippen molar-refractivity contribution in [3.05, 3.63) is 0 Å². The molecule has 40 heavy (non-hydrogen) atoms. The Labute approximate surface area is 241 Å². The van der Waals surface area contributed by atoms with E-state index in [9.17, 15) is 15.0 Å². The Morgan fingerprint density at radius 1 is 0.975 bits per heavy atom. The Hall–Kier alpha value is -0.850. The number of amides is 1. The van der Waals surface area contributed by atoms with Gasteiger partial charge in [0.05, 0.1) is 24.4 Å². The molecule has 6 nitrogen and oxygen atoms in total. The smallest absolute Gasteiger partial charge is 0.410 e. The summed E-state index contributed by atoms with van der Waals surface area (Å²) in [5.74, 6) is 1.96. The molecule has 0 radical (unpaired) electrons. The van der Waals surface area contributed by atoms with Crippen LogP contribution in [0.15, 0.2) is 0 Å². The molecule has 7 aliphatic rings. The quantitative estimate of drug-likeness (QED) is 0.443. The van der Waals surface area contributed by atoms with E-state index in [1.807, 2.05) is 0 Å². The van der Waals surface area contributed by atoms with Crippen molar-refractivity contribution in [2.75, 3.05) is 13.1 Å². The van der Waals surface area contributed by atoms with E-state index in [0.29, 0.717) is 34.5 Å². The minimum Gasteiger partial charge on any atom is -0.443 e. The summed E-state index contributed by atoms with van der Waals surface area (Å²) in [5, 5.41) is 23.4. The first-order valence-electron chi connectivity index (χ1n) is 16.7. The summed E-state index contributed by atoms with van der Waals surface area (Å²) < 4.78 is 13.1. The number of ether oxygens (including phenoxy) is 2. The highest BCUT2D eigenvalue weighted by Crippen LogP contribution is 2.89. The van der Waals surface area contributed by atoms with Crippen LogP contribution < -0.4 is 0 Å². The molecular formula is C34H55NO5. The van der Waals surface area contributed by atoms with E-state index in [2.05, 4.69) is 48.5 Å². The van der Waals surface area contributed by atoms with Gasteiger partial charge in [-0.1, -0.05) is 48.5 Å². The monoisotopic (exact) mass is 557 g/mol. The summed E-state index contributed by atoms with van der Waals surface area (Å²) in [4.78, 5) is 14.6. The van der Waals surface area contributed by atoms with Crippen molar-refractivity contribution < 1.29 is 24.5 Å². The molecule has 226 valence electrons. The molecule has 7 rings (SSSR count). The highest BCUT2D eigenvalue weighted by molar-refractivity contribution is 5.68. The molecule has 0 aromatic heterocycles. The standard InChI is InChI=1S/C34H55NO5/c1-19(2)26(40-29(38)35-15-8-16-35)21-17-20(3)25-27(39-21)28(37)32(7)23-10-9-22-30(4,5)24(36)11-12-33(22)18-34(23,33)14-13-31(25,32)6/h19-28,36-37H,8-18H2,1-7H3/t20-,21?,22+,23?,24?,25+,26?,27?,28+,31?,32-,33?,34?/m1/s1. The first kappa shape index (κ1) is 28.0. The number of carbonyl (C=O) groups is 1. The third-order valence-electron chi connectivity index (χ3n) is 15.2. The number of carbonyl (C=O) groups excluding carboxylic acids is 1. The summed E-state index contributed by atoms with van der Waals surface area (Å²) in [6, 6.07) is 0. The molecule has 13 atom stereocenters. The van der Waals surface area contributed by atoms with Gasteiger partial charge in [-0.2, -0.15) is 0 Å². The van der Waals surface area contributed by atoms with Gasteiger partial charge in [0.2, 0.25) is 0 Å². The van der Waals surface area contributed by atoms with Gasteiger partial charge >= 0.3 is 6.09 Å². The van der Waals surface area contributed by atoms with Gasteiger partial charge in [-0.3, -0.25) is 0 Å². The van der Waals surface area contributed by atoms with Crippen molar-refractivity contribution in [1.29, 1.82) is 0 Å². The van der Waals surface area contributed by atoms with Crippen LogP contribution in [-0.2, 0) is 9.47 Å². The predicted octanol–water partition coefficient (Wildman–Crippen LogP) is 6.03. The van der Waals surface area contributed by atoms with Gasteiger partial charge in [-0.15, -0.1) is 0 Å².